The van der Waals surface area contributed by atoms with Crippen molar-refractivity contribution < 1.29 is 9.47 Å². The van der Waals surface area contributed by atoms with E-state index in [0.29, 0.717) is 5.92 Å². The molecular formula is C25H37IN4O2. The fourth-order valence-corrected chi connectivity index (χ4v) is 3.43. The third-order valence-electron chi connectivity index (χ3n) is 5.31. The summed E-state index contributed by atoms with van der Waals surface area (Å²) in [5.41, 5.74) is 3.66. The first-order valence-corrected chi connectivity index (χ1v) is 11.2. The van der Waals surface area contributed by atoms with Gasteiger partial charge in [-0.1, -0.05) is 38.1 Å². The Morgan fingerprint density at radius 3 is 2.28 bits per heavy atom. The molecule has 0 aliphatic carbocycles. The Bertz CT molecular complexity index is 819. The van der Waals surface area contributed by atoms with Crippen LogP contribution in [0.2, 0.25) is 0 Å². The number of hydrogen-bond donors (Lipinski definition) is 2. The number of morpholine rings is 1. The molecule has 0 aromatic heterocycles. The molecule has 32 heavy (non-hydrogen) atoms. The number of ether oxygens (including phenoxy) is 2. The zero-order chi connectivity index (χ0) is 22.1. The van der Waals surface area contributed by atoms with Gasteiger partial charge in [0.25, 0.3) is 0 Å². The highest BCUT2D eigenvalue weighted by Crippen LogP contribution is 2.19. The van der Waals surface area contributed by atoms with E-state index in [0.717, 1.165) is 51.2 Å². The van der Waals surface area contributed by atoms with Crippen LogP contribution in [-0.2, 0) is 11.3 Å². The Hall–Kier alpha value is -2.00. The zero-order valence-corrected chi connectivity index (χ0v) is 22.0. The maximum Gasteiger partial charge on any atom is 0.191 e. The second-order valence-electron chi connectivity index (χ2n) is 8.33. The number of benzene rings is 2. The van der Waals surface area contributed by atoms with Gasteiger partial charge in [-0.15, -0.1) is 24.0 Å². The van der Waals surface area contributed by atoms with E-state index in [1.54, 1.807) is 7.05 Å². The Labute approximate surface area is 209 Å². The molecule has 0 saturated carbocycles. The van der Waals surface area contributed by atoms with Crippen molar-refractivity contribution in [2.45, 2.75) is 33.4 Å². The van der Waals surface area contributed by atoms with Crippen molar-refractivity contribution in [2.75, 3.05) is 44.9 Å². The molecule has 0 spiro atoms. The van der Waals surface area contributed by atoms with E-state index in [9.17, 15) is 0 Å². The average molecular weight is 553 g/mol. The van der Waals surface area contributed by atoms with Gasteiger partial charge >= 0.3 is 0 Å². The molecule has 2 N–H and O–H groups in total. The molecule has 1 saturated heterocycles. The topological polar surface area (TPSA) is 58.1 Å². The molecule has 1 unspecified atom stereocenters. The van der Waals surface area contributed by atoms with Gasteiger partial charge in [0.1, 0.15) is 5.75 Å². The van der Waals surface area contributed by atoms with E-state index in [-0.39, 0.29) is 30.0 Å². The Morgan fingerprint density at radius 1 is 1.03 bits per heavy atom. The number of guanidine groups is 1. The Kier molecular flexibility index (Phi) is 11.1. The maximum atomic E-state index is 5.77. The highest BCUT2D eigenvalue weighted by molar-refractivity contribution is 14.0. The standard InChI is InChI=1S/C25H36N4O2.HI/c1-19(2)18-31-24-11-7-22(8-12-24)20(3)28-25(26-4)27-17-21-5-9-23(10-6-21)29-13-15-30-16-14-29;/h5-12,19-20H,13-18H2,1-4H3,(H2,26,27,28);1H. The lowest BCUT2D eigenvalue weighted by Gasteiger charge is -2.29. The predicted molar refractivity (Wildman–Crippen MR) is 143 cm³/mol. The minimum absolute atomic E-state index is 0. The van der Waals surface area contributed by atoms with Gasteiger partial charge in [-0.3, -0.25) is 4.99 Å². The van der Waals surface area contributed by atoms with E-state index in [2.05, 4.69) is 77.7 Å². The summed E-state index contributed by atoms with van der Waals surface area (Å²) in [6.45, 7) is 11.4. The number of hydrogen-bond acceptors (Lipinski definition) is 4. The van der Waals surface area contributed by atoms with Gasteiger partial charge in [0.2, 0.25) is 0 Å². The quantitative estimate of drug-likeness (QED) is 0.285. The summed E-state index contributed by atoms with van der Waals surface area (Å²) >= 11 is 0. The van der Waals surface area contributed by atoms with Crippen molar-refractivity contribution in [2.24, 2.45) is 10.9 Å². The molecule has 0 bridgehead atoms. The largest absolute Gasteiger partial charge is 0.493 e. The molecule has 6 nitrogen and oxygen atoms in total. The normalized spacial score (nSPS) is 15.2. The lowest BCUT2D eigenvalue weighted by molar-refractivity contribution is 0.122. The molecule has 1 atom stereocenters. The highest BCUT2D eigenvalue weighted by atomic mass is 127. The molecule has 1 aliphatic rings. The Balaban J connectivity index is 0.00000363. The van der Waals surface area contributed by atoms with E-state index < -0.39 is 0 Å². The van der Waals surface area contributed by atoms with Crippen LogP contribution in [0.1, 0.15) is 37.9 Å². The van der Waals surface area contributed by atoms with Crippen molar-refractivity contribution in [1.82, 2.24) is 10.6 Å². The summed E-state index contributed by atoms with van der Waals surface area (Å²) in [6.07, 6.45) is 0. The molecule has 2 aromatic carbocycles. The summed E-state index contributed by atoms with van der Waals surface area (Å²) in [5, 5.41) is 6.87. The van der Waals surface area contributed by atoms with Crippen molar-refractivity contribution >= 4 is 35.6 Å². The van der Waals surface area contributed by atoms with Crippen LogP contribution in [-0.4, -0.2) is 45.9 Å². The van der Waals surface area contributed by atoms with Gasteiger partial charge in [-0.05, 0) is 48.2 Å². The second-order valence-corrected chi connectivity index (χ2v) is 8.33. The van der Waals surface area contributed by atoms with Crippen LogP contribution in [0.25, 0.3) is 0 Å². The van der Waals surface area contributed by atoms with Crippen molar-refractivity contribution in [3.63, 3.8) is 0 Å². The number of aliphatic imine (C=N–C) groups is 1. The first-order chi connectivity index (χ1) is 15.0. The highest BCUT2D eigenvalue weighted by Gasteiger charge is 2.11. The van der Waals surface area contributed by atoms with E-state index in [4.69, 9.17) is 9.47 Å². The average Bonchev–Trinajstić information content (AvgIpc) is 2.81. The molecule has 3 rings (SSSR count). The van der Waals surface area contributed by atoms with Crippen LogP contribution in [0, 0.1) is 5.92 Å². The molecule has 1 fully saturated rings. The smallest absolute Gasteiger partial charge is 0.191 e. The lowest BCUT2D eigenvalue weighted by atomic mass is 10.1. The SMILES string of the molecule is CN=C(NCc1ccc(N2CCOCC2)cc1)NC(C)c1ccc(OCC(C)C)cc1.I. The molecule has 7 heteroatoms. The van der Waals surface area contributed by atoms with Crippen LogP contribution >= 0.6 is 24.0 Å². The van der Waals surface area contributed by atoms with Gasteiger partial charge in [0.05, 0.1) is 25.9 Å². The number of nitrogens with one attached hydrogen (secondary N) is 2. The van der Waals surface area contributed by atoms with E-state index in [1.807, 2.05) is 12.1 Å². The Morgan fingerprint density at radius 2 is 1.69 bits per heavy atom. The predicted octanol–water partition coefficient (Wildman–Crippen LogP) is 4.60. The first-order valence-electron chi connectivity index (χ1n) is 11.2. The minimum Gasteiger partial charge on any atom is -0.493 e. The van der Waals surface area contributed by atoms with Gasteiger partial charge in [-0.25, -0.2) is 0 Å². The maximum absolute atomic E-state index is 5.77. The fourth-order valence-electron chi connectivity index (χ4n) is 3.43. The lowest BCUT2D eigenvalue weighted by Crippen LogP contribution is -2.38. The zero-order valence-electron chi connectivity index (χ0n) is 19.6. The van der Waals surface area contributed by atoms with Gasteiger partial charge in [-0.2, -0.15) is 0 Å². The summed E-state index contributed by atoms with van der Waals surface area (Å²) < 4.78 is 11.2. The molecule has 2 aromatic rings. The van der Waals surface area contributed by atoms with Crippen LogP contribution in [0.3, 0.4) is 0 Å². The molecular weight excluding hydrogens is 515 g/mol. The fraction of sp³-hybridized carbons (Fsp3) is 0.480. The summed E-state index contributed by atoms with van der Waals surface area (Å²) in [5.74, 6) is 2.21. The van der Waals surface area contributed by atoms with Gasteiger partial charge < -0.3 is 25.0 Å². The number of anilines is 1. The van der Waals surface area contributed by atoms with Crippen LogP contribution in [0.4, 0.5) is 5.69 Å². The molecule has 1 heterocycles. The van der Waals surface area contributed by atoms with Gasteiger partial charge in [0, 0.05) is 32.4 Å². The van der Waals surface area contributed by atoms with Crippen LogP contribution < -0.4 is 20.3 Å². The summed E-state index contributed by atoms with van der Waals surface area (Å²) in [6, 6.07) is 17.1. The molecule has 176 valence electrons. The number of halogens is 1. The van der Waals surface area contributed by atoms with E-state index >= 15 is 0 Å². The van der Waals surface area contributed by atoms with Crippen molar-refractivity contribution in [1.29, 1.82) is 0 Å². The minimum atomic E-state index is 0. The third kappa shape index (κ3) is 8.16. The summed E-state index contributed by atoms with van der Waals surface area (Å²) in [7, 11) is 1.80. The van der Waals surface area contributed by atoms with Crippen molar-refractivity contribution in [3.05, 3.63) is 59.7 Å². The molecule has 0 amide bonds. The second kappa shape index (κ2) is 13.5. The van der Waals surface area contributed by atoms with Crippen molar-refractivity contribution in [3.8, 4) is 5.75 Å². The number of rotatable bonds is 8. The van der Waals surface area contributed by atoms with Crippen LogP contribution in [0.15, 0.2) is 53.5 Å². The van der Waals surface area contributed by atoms with Crippen LogP contribution in [0.5, 0.6) is 5.75 Å². The van der Waals surface area contributed by atoms with E-state index in [1.165, 1.54) is 16.8 Å². The third-order valence-corrected chi connectivity index (χ3v) is 5.31. The monoisotopic (exact) mass is 552 g/mol. The number of nitrogens with zero attached hydrogens (tertiary/aromatic N) is 2. The first kappa shape index (κ1) is 26.3. The molecule has 1 aliphatic heterocycles. The van der Waals surface area contributed by atoms with Gasteiger partial charge in [0.15, 0.2) is 5.96 Å². The molecule has 0 radical (unpaired) electrons. The summed E-state index contributed by atoms with van der Waals surface area (Å²) in [4.78, 5) is 6.74.